The Morgan fingerprint density at radius 1 is 0.773 bits per heavy atom. The van der Waals surface area contributed by atoms with Gasteiger partial charge in [-0.1, -0.05) is 61.8 Å². The molecule has 1 aromatic rings. The first-order chi connectivity index (χ1) is 20.7. The number of benzene rings is 1. The third-order valence-electron chi connectivity index (χ3n) is 13.7. The van der Waals surface area contributed by atoms with Gasteiger partial charge in [0.25, 0.3) is 0 Å². The van der Waals surface area contributed by atoms with Crippen molar-refractivity contribution in [3.05, 3.63) is 91.6 Å². The van der Waals surface area contributed by atoms with Gasteiger partial charge >= 0.3 is 0 Å². The van der Waals surface area contributed by atoms with Gasteiger partial charge in [-0.2, -0.15) is 0 Å². The molecule has 0 aromatic heterocycles. The normalized spacial score (nSPS) is 38.7. The predicted molar refractivity (Wildman–Crippen MR) is 178 cm³/mol. The quantitative estimate of drug-likeness (QED) is 0.296. The lowest BCUT2D eigenvalue weighted by atomic mass is 9.56. The molecule has 234 valence electrons. The van der Waals surface area contributed by atoms with Crippen molar-refractivity contribution in [1.82, 2.24) is 0 Å². The average Bonchev–Trinajstić information content (AvgIpc) is 3.46. The summed E-state index contributed by atoms with van der Waals surface area (Å²) >= 11 is 0. The number of hydrogen-bond acceptors (Lipinski definition) is 3. The topological polar surface area (TPSA) is 57.5 Å². The highest BCUT2D eigenvalue weighted by Gasteiger charge is 2.51. The van der Waals surface area contributed by atoms with Gasteiger partial charge in [0.05, 0.1) is 12.2 Å². The van der Waals surface area contributed by atoms with E-state index in [9.17, 15) is 15.0 Å². The highest BCUT2D eigenvalue weighted by molar-refractivity contribution is 6.05. The molecular formula is C41H52O3. The number of hydrogen-bond donors (Lipinski definition) is 2. The molecule has 0 radical (unpaired) electrons. The first-order valence-electron chi connectivity index (χ1n) is 17.3. The molecule has 0 aliphatic heterocycles. The Morgan fingerprint density at radius 2 is 1.52 bits per heavy atom. The first kappa shape index (κ1) is 30.2. The SMILES string of the molecule is CC1=C2CCC3=C(CC[C@@]4(C)C[C@@H](O)C=C34)[C@@]2(C)C=CC1=O.Cc1ccc2c(c1C)CCC1=C3C[C@H](O)C[C@]3(C)CC[C@]12C. The summed E-state index contributed by atoms with van der Waals surface area (Å²) in [5, 5.41) is 20.4. The van der Waals surface area contributed by atoms with E-state index < -0.39 is 0 Å². The summed E-state index contributed by atoms with van der Waals surface area (Å²) in [7, 11) is 0. The summed E-state index contributed by atoms with van der Waals surface area (Å²) in [6.07, 6.45) is 17.4. The first-order valence-corrected chi connectivity index (χ1v) is 17.3. The van der Waals surface area contributed by atoms with Gasteiger partial charge in [0.15, 0.2) is 5.78 Å². The number of aliphatic hydroxyl groups is 2. The molecule has 0 heterocycles. The molecule has 0 saturated heterocycles. The minimum atomic E-state index is -0.290. The molecule has 3 heteroatoms. The van der Waals surface area contributed by atoms with Crippen LogP contribution >= 0.6 is 0 Å². The molecule has 0 amide bonds. The highest BCUT2D eigenvalue weighted by atomic mass is 16.3. The van der Waals surface area contributed by atoms with Gasteiger partial charge in [-0.15, -0.1) is 0 Å². The molecule has 0 unspecified atom stereocenters. The Morgan fingerprint density at radius 3 is 2.30 bits per heavy atom. The standard InChI is InChI=1S/C21H28O.C20H24O2/c1-13-5-7-17-16(14(13)2)6-8-18-19-11-15(22)12-20(19,3)9-10-21(17,18)4;1-12-15-5-4-14-16(20(15,3)9-7-18(12)22)6-8-19(2)11-13(21)10-17(14)19/h5,7,15,22H,6,8-12H2,1-4H3;7,9-10,13,21H,4-6,8,11H2,1-3H3/t15-,20-,21-;13-,19-,20-/m00/s1. The van der Waals surface area contributed by atoms with Gasteiger partial charge in [0.1, 0.15) is 0 Å². The molecule has 3 nitrogen and oxygen atoms in total. The monoisotopic (exact) mass is 592 g/mol. The summed E-state index contributed by atoms with van der Waals surface area (Å²) in [6.45, 7) is 15.9. The fraction of sp³-hybridized carbons (Fsp3) is 0.585. The zero-order chi connectivity index (χ0) is 31.4. The maximum absolute atomic E-state index is 12.0. The van der Waals surface area contributed by atoms with Gasteiger partial charge in [-0.05, 0) is 160 Å². The van der Waals surface area contributed by atoms with E-state index in [1.54, 1.807) is 28.3 Å². The van der Waals surface area contributed by atoms with Crippen molar-refractivity contribution in [2.75, 3.05) is 0 Å². The third-order valence-corrected chi connectivity index (χ3v) is 13.7. The number of aryl methyl sites for hydroxylation is 1. The largest absolute Gasteiger partial charge is 0.393 e. The molecule has 44 heavy (non-hydrogen) atoms. The summed E-state index contributed by atoms with van der Waals surface area (Å²) in [5.74, 6) is 0.174. The number of rotatable bonds is 0. The Balaban J connectivity index is 0.000000142. The van der Waals surface area contributed by atoms with Crippen molar-refractivity contribution in [1.29, 1.82) is 0 Å². The zero-order valence-corrected chi connectivity index (χ0v) is 28.1. The van der Waals surface area contributed by atoms with Crippen LogP contribution in [0, 0.1) is 30.1 Å². The number of ketones is 1. The van der Waals surface area contributed by atoms with Crippen molar-refractivity contribution in [2.45, 2.75) is 137 Å². The van der Waals surface area contributed by atoms with Crippen molar-refractivity contribution in [2.24, 2.45) is 16.2 Å². The Labute approximate surface area is 264 Å². The van der Waals surface area contributed by atoms with Crippen LogP contribution in [0.5, 0.6) is 0 Å². The van der Waals surface area contributed by atoms with Crippen LogP contribution in [0.4, 0.5) is 0 Å². The molecule has 0 spiro atoms. The maximum atomic E-state index is 12.0. The third kappa shape index (κ3) is 4.24. The van der Waals surface area contributed by atoms with Crippen molar-refractivity contribution < 1.29 is 15.0 Å². The highest BCUT2D eigenvalue weighted by Crippen LogP contribution is 2.61. The molecule has 7 aliphatic rings. The Bertz CT molecular complexity index is 1630. The molecule has 1 fully saturated rings. The predicted octanol–water partition coefficient (Wildman–Crippen LogP) is 8.79. The fourth-order valence-electron chi connectivity index (χ4n) is 10.9. The number of carbonyl (C=O) groups is 1. The van der Waals surface area contributed by atoms with E-state index in [0.29, 0.717) is 0 Å². The van der Waals surface area contributed by atoms with Crippen LogP contribution in [0.15, 0.2) is 69.4 Å². The maximum Gasteiger partial charge on any atom is 0.181 e. The summed E-state index contributed by atoms with van der Waals surface area (Å²) in [6, 6.07) is 4.70. The molecule has 7 aliphatic carbocycles. The molecule has 8 rings (SSSR count). The van der Waals surface area contributed by atoms with Crippen LogP contribution in [-0.4, -0.2) is 28.2 Å². The lowest BCUT2D eigenvalue weighted by Crippen LogP contribution is -2.38. The molecular weight excluding hydrogens is 540 g/mol. The van der Waals surface area contributed by atoms with Gasteiger partial charge in [0.2, 0.25) is 0 Å². The fourth-order valence-corrected chi connectivity index (χ4v) is 10.9. The van der Waals surface area contributed by atoms with Crippen LogP contribution in [-0.2, 0) is 16.6 Å². The van der Waals surface area contributed by atoms with Gasteiger partial charge < -0.3 is 10.2 Å². The van der Waals surface area contributed by atoms with Gasteiger partial charge in [0, 0.05) is 10.8 Å². The second-order valence-electron chi connectivity index (χ2n) is 16.3. The van der Waals surface area contributed by atoms with E-state index in [1.807, 2.05) is 6.92 Å². The second kappa shape index (κ2) is 10.0. The molecule has 6 atom stereocenters. The molecule has 0 bridgehead atoms. The smallest absolute Gasteiger partial charge is 0.181 e. The summed E-state index contributed by atoms with van der Waals surface area (Å²) < 4.78 is 0. The second-order valence-corrected chi connectivity index (χ2v) is 16.3. The zero-order valence-electron chi connectivity index (χ0n) is 28.1. The van der Waals surface area contributed by atoms with Crippen LogP contribution in [0.25, 0.3) is 0 Å². The minimum absolute atomic E-state index is 0.0821. The number of carbonyl (C=O) groups excluding carboxylic acids is 1. The van der Waals surface area contributed by atoms with E-state index in [4.69, 9.17) is 0 Å². The van der Waals surface area contributed by atoms with Crippen molar-refractivity contribution >= 4 is 5.78 Å². The lowest BCUT2D eigenvalue weighted by Gasteiger charge is -2.48. The Kier molecular flexibility index (Phi) is 6.86. The van der Waals surface area contributed by atoms with Gasteiger partial charge in [-0.25, -0.2) is 0 Å². The number of allylic oxidation sites excluding steroid dienone is 8. The van der Waals surface area contributed by atoms with Crippen molar-refractivity contribution in [3.8, 4) is 0 Å². The van der Waals surface area contributed by atoms with Crippen molar-refractivity contribution in [3.63, 3.8) is 0 Å². The Hall–Kier alpha value is -2.49. The number of aliphatic hydroxyl groups excluding tert-OH is 2. The van der Waals surface area contributed by atoms with Crippen LogP contribution in [0.2, 0.25) is 0 Å². The van der Waals surface area contributed by atoms with E-state index in [-0.39, 0.29) is 39.7 Å². The average molecular weight is 593 g/mol. The lowest BCUT2D eigenvalue weighted by molar-refractivity contribution is -0.111. The molecule has 1 aromatic carbocycles. The van der Waals surface area contributed by atoms with Crippen LogP contribution < -0.4 is 0 Å². The van der Waals surface area contributed by atoms with Crippen LogP contribution in [0.1, 0.15) is 121 Å². The summed E-state index contributed by atoms with van der Waals surface area (Å²) in [4.78, 5) is 12.0. The molecule has 1 saturated carbocycles. The minimum Gasteiger partial charge on any atom is -0.393 e. The van der Waals surface area contributed by atoms with E-state index in [0.717, 1.165) is 50.5 Å². The van der Waals surface area contributed by atoms with Crippen LogP contribution in [0.3, 0.4) is 0 Å². The van der Waals surface area contributed by atoms with E-state index in [2.05, 4.69) is 65.8 Å². The molecule has 2 N–H and O–H groups in total. The summed E-state index contributed by atoms with van der Waals surface area (Å²) in [5.41, 5.74) is 16.6. The van der Waals surface area contributed by atoms with Gasteiger partial charge in [-0.3, -0.25) is 4.79 Å². The van der Waals surface area contributed by atoms with E-state index in [1.165, 1.54) is 59.1 Å². The van der Waals surface area contributed by atoms with E-state index >= 15 is 0 Å². The number of fused-ring (bicyclic) bond motifs is 8.